The van der Waals surface area contributed by atoms with Crippen LogP contribution in [0.5, 0.6) is 0 Å². The smallest absolute Gasteiger partial charge is 0.235 e. The van der Waals surface area contributed by atoms with Gasteiger partial charge in [-0.25, -0.2) is 13.1 Å². The normalized spacial score (nSPS) is 12.9. The standard InChI is InChI=1S/C10H23N3O4S.ClH/c1-8(2)17-4-5-18(15,16)12-7-10(14)13-9(3)6-11;/h8-9,12H,4-7,11H2,1-3H3,(H,13,14);1H/t9-;/m0./s1. The average molecular weight is 318 g/mol. The zero-order valence-corrected chi connectivity index (χ0v) is 13.1. The first-order valence-corrected chi connectivity index (χ1v) is 7.50. The van der Waals surface area contributed by atoms with Gasteiger partial charge in [0, 0.05) is 12.6 Å². The van der Waals surface area contributed by atoms with Gasteiger partial charge in [0.15, 0.2) is 0 Å². The molecule has 7 nitrogen and oxygen atoms in total. The van der Waals surface area contributed by atoms with Crippen LogP contribution >= 0.6 is 12.4 Å². The number of nitrogens with one attached hydrogen (secondary N) is 2. The fourth-order valence-corrected chi connectivity index (χ4v) is 1.84. The molecule has 0 aromatic carbocycles. The lowest BCUT2D eigenvalue weighted by Gasteiger charge is -2.12. The minimum absolute atomic E-state index is 0. The van der Waals surface area contributed by atoms with Gasteiger partial charge in [-0.05, 0) is 20.8 Å². The second kappa shape index (κ2) is 10.4. The topological polar surface area (TPSA) is 111 Å². The van der Waals surface area contributed by atoms with E-state index in [0.717, 1.165) is 0 Å². The molecule has 0 aromatic rings. The summed E-state index contributed by atoms with van der Waals surface area (Å²) < 4.78 is 30.3. The maximum atomic E-state index is 11.5. The van der Waals surface area contributed by atoms with Gasteiger partial charge >= 0.3 is 0 Å². The average Bonchev–Trinajstić information content (AvgIpc) is 2.25. The molecule has 0 bridgehead atoms. The molecule has 116 valence electrons. The van der Waals surface area contributed by atoms with Crippen molar-refractivity contribution in [3.05, 3.63) is 0 Å². The van der Waals surface area contributed by atoms with Crippen molar-refractivity contribution in [2.24, 2.45) is 5.73 Å². The second-order valence-corrected chi connectivity index (χ2v) is 6.19. The highest BCUT2D eigenvalue weighted by Gasteiger charge is 2.13. The molecule has 9 heteroatoms. The first-order chi connectivity index (χ1) is 8.26. The van der Waals surface area contributed by atoms with Crippen LogP contribution in [0.25, 0.3) is 0 Å². The largest absolute Gasteiger partial charge is 0.378 e. The summed E-state index contributed by atoms with van der Waals surface area (Å²) in [7, 11) is -3.48. The Hall–Kier alpha value is -0.410. The summed E-state index contributed by atoms with van der Waals surface area (Å²) >= 11 is 0. The number of carbonyl (C=O) groups excluding carboxylic acids is 1. The van der Waals surface area contributed by atoms with Gasteiger partial charge in [-0.3, -0.25) is 4.79 Å². The maximum absolute atomic E-state index is 11.5. The van der Waals surface area contributed by atoms with E-state index in [1.165, 1.54) is 0 Å². The number of ether oxygens (including phenoxy) is 1. The van der Waals surface area contributed by atoms with E-state index in [2.05, 4.69) is 10.0 Å². The molecule has 0 unspecified atom stereocenters. The zero-order valence-electron chi connectivity index (χ0n) is 11.5. The van der Waals surface area contributed by atoms with Gasteiger partial charge in [0.2, 0.25) is 15.9 Å². The van der Waals surface area contributed by atoms with E-state index in [-0.39, 0.29) is 43.5 Å². The third kappa shape index (κ3) is 12.4. The van der Waals surface area contributed by atoms with Gasteiger partial charge in [-0.2, -0.15) is 0 Å². The Labute approximate surface area is 121 Å². The lowest BCUT2D eigenvalue weighted by molar-refractivity contribution is -0.120. The number of halogens is 1. The minimum Gasteiger partial charge on any atom is -0.378 e. The molecule has 1 amide bonds. The second-order valence-electron chi connectivity index (χ2n) is 4.26. The van der Waals surface area contributed by atoms with Crippen molar-refractivity contribution < 1.29 is 17.9 Å². The highest BCUT2D eigenvalue weighted by atomic mass is 35.5. The first-order valence-electron chi connectivity index (χ1n) is 5.85. The number of sulfonamides is 1. The zero-order chi connectivity index (χ0) is 14.2. The summed E-state index contributed by atoms with van der Waals surface area (Å²) in [5.41, 5.74) is 5.33. The molecule has 0 fully saturated rings. The quantitative estimate of drug-likeness (QED) is 0.516. The van der Waals surface area contributed by atoms with Crippen molar-refractivity contribution in [2.75, 3.05) is 25.4 Å². The van der Waals surface area contributed by atoms with E-state index < -0.39 is 15.9 Å². The molecule has 0 aromatic heterocycles. The molecule has 4 N–H and O–H groups in total. The van der Waals surface area contributed by atoms with Gasteiger partial charge in [0.25, 0.3) is 0 Å². The summed E-state index contributed by atoms with van der Waals surface area (Å²) in [6.07, 6.45) is -0.0195. The van der Waals surface area contributed by atoms with E-state index >= 15 is 0 Å². The number of hydrogen-bond acceptors (Lipinski definition) is 5. The van der Waals surface area contributed by atoms with Gasteiger partial charge in [-0.1, -0.05) is 0 Å². The van der Waals surface area contributed by atoms with Crippen molar-refractivity contribution in [3.8, 4) is 0 Å². The predicted octanol–water partition coefficient (Wildman–Crippen LogP) is -0.784. The monoisotopic (exact) mass is 317 g/mol. The predicted molar refractivity (Wildman–Crippen MR) is 76.8 cm³/mol. The van der Waals surface area contributed by atoms with Crippen molar-refractivity contribution in [1.82, 2.24) is 10.0 Å². The minimum atomic E-state index is -3.48. The number of rotatable bonds is 9. The lowest BCUT2D eigenvalue weighted by atomic mass is 10.3. The molecule has 0 saturated carbocycles. The Morgan fingerprint density at radius 2 is 1.89 bits per heavy atom. The van der Waals surface area contributed by atoms with Crippen molar-refractivity contribution in [2.45, 2.75) is 32.9 Å². The Balaban J connectivity index is 0. The molecule has 0 radical (unpaired) electrons. The van der Waals surface area contributed by atoms with E-state index in [1.807, 2.05) is 13.8 Å². The van der Waals surface area contributed by atoms with E-state index in [4.69, 9.17) is 10.5 Å². The van der Waals surface area contributed by atoms with Crippen LogP contribution in [0, 0.1) is 0 Å². The van der Waals surface area contributed by atoms with Crippen LogP contribution in [0.3, 0.4) is 0 Å². The number of nitrogens with two attached hydrogens (primary N) is 1. The first kappa shape index (κ1) is 20.9. The van der Waals surface area contributed by atoms with Gasteiger partial charge in [0.05, 0.1) is 25.0 Å². The van der Waals surface area contributed by atoms with Crippen molar-refractivity contribution >= 4 is 28.3 Å². The van der Waals surface area contributed by atoms with Crippen LogP contribution in [0.2, 0.25) is 0 Å². The molecule has 0 spiro atoms. The van der Waals surface area contributed by atoms with Crippen LogP contribution in [-0.2, 0) is 19.6 Å². The van der Waals surface area contributed by atoms with Crippen LogP contribution in [0.15, 0.2) is 0 Å². The highest BCUT2D eigenvalue weighted by Crippen LogP contribution is 1.90. The third-order valence-electron chi connectivity index (χ3n) is 2.02. The Morgan fingerprint density at radius 1 is 1.32 bits per heavy atom. The summed E-state index contributed by atoms with van der Waals surface area (Å²) in [6, 6.07) is -0.175. The number of hydrogen-bond donors (Lipinski definition) is 3. The summed E-state index contributed by atoms with van der Waals surface area (Å²) in [5, 5.41) is 2.55. The SMILES string of the molecule is CC(C)OCCS(=O)(=O)NCC(=O)N[C@@H](C)CN.Cl. The Morgan fingerprint density at radius 3 is 2.37 bits per heavy atom. The molecular weight excluding hydrogens is 294 g/mol. The molecule has 0 saturated heterocycles. The van der Waals surface area contributed by atoms with Crippen LogP contribution < -0.4 is 15.8 Å². The van der Waals surface area contributed by atoms with E-state index in [9.17, 15) is 13.2 Å². The van der Waals surface area contributed by atoms with Gasteiger partial charge in [0.1, 0.15) is 0 Å². The number of amides is 1. The van der Waals surface area contributed by atoms with E-state index in [1.54, 1.807) is 6.92 Å². The van der Waals surface area contributed by atoms with Gasteiger partial charge in [-0.15, -0.1) is 12.4 Å². The lowest BCUT2D eigenvalue weighted by Crippen LogP contribution is -2.44. The maximum Gasteiger partial charge on any atom is 0.235 e. The van der Waals surface area contributed by atoms with Crippen molar-refractivity contribution in [3.63, 3.8) is 0 Å². The molecule has 0 aliphatic carbocycles. The Bertz CT molecular complexity index is 349. The van der Waals surface area contributed by atoms with Gasteiger partial charge < -0.3 is 15.8 Å². The fraction of sp³-hybridized carbons (Fsp3) is 0.900. The molecule has 0 rings (SSSR count). The molecule has 0 heterocycles. The number of carbonyl (C=O) groups is 1. The highest BCUT2D eigenvalue weighted by molar-refractivity contribution is 7.89. The fourth-order valence-electron chi connectivity index (χ4n) is 1.03. The third-order valence-corrected chi connectivity index (χ3v) is 3.31. The van der Waals surface area contributed by atoms with Crippen molar-refractivity contribution in [1.29, 1.82) is 0 Å². The summed E-state index contributed by atoms with van der Waals surface area (Å²) in [5.74, 6) is -0.563. The summed E-state index contributed by atoms with van der Waals surface area (Å²) in [6.45, 7) is 5.51. The molecule has 0 aliphatic heterocycles. The van der Waals surface area contributed by atoms with Crippen LogP contribution in [0.4, 0.5) is 0 Å². The molecule has 0 aliphatic rings. The summed E-state index contributed by atoms with van der Waals surface area (Å²) in [4.78, 5) is 11.3. The van der Waals surface area contributed by atoms with Crippen LogP contribution in [-0.4, -0.2) is 51.9 Å². The van der Waals surface area contributed by atoms with E-state index in [0.29, 0.717) is 6.54 Å². The molecule has 1 atom stereocenters. The Kier molecular flexibility index (Phi) is 11.4. The molecular formula is C10H24ClN3O4S. The van der Waals surface area contributed by atoms with Crippen LogP contribution in [0.1, 0.15) is 20.8 Å². The molecule has 19 heavy (non-hydrogen) atoms.